The second-order valence-electron chi connectivity index (χ2n) is 5.87. The summed E-state index contributed by atoms with van der Waals surface area (Å²) in [7, 11) is 3.46. The van der Waals surface area contributed by atoms with Gasteiger partial charge in [0.05, 0.1) is 30.2 Å². The first kappa shape index (κ1) is 17.8. The molecular weight excluding hydrogens is 302 g/mol. The highest BCUT2D eigenvalue weighted by Gasteiger charge is 2.13. The molecule has 1 aromatic carbocycles. The highest BCUT2D eigenvalue weighted by molar-refractivity contribution is 5.94. The number of aryl methyl sites for hydroxylation is 1. The summed E-state index contributed by atoms with van der Waals surface area (Å²) in [5.41, 5.74) is 3.31. The smallest absolute Gasteiger partial charge is 0.255 e. The number of carbonyl (C=O) groups is 1. The van der Waals surface area contributed by atoms with Crippen molar-refractivity contribution in [2.24, 2.45) is 0 Å². The Labute approximate surface area is 143 Å². The fourth-order valence-electron chi connectivity index (χ4n) is 2.42. The molecule has 0 spiro atoms. The van der Waals surface area contributed by atoms with Crippen LogP contribution in [0.25, 0.3) is 0 Å². The van der Waals surface area contributed by atoms with Crippen molar-refractivity contribution in [1.82, 2.24) is 9.88 Å². The van der Waals surface area contributed by atoms with E-state index >= 15 is 0 Å². The zero-order chi connectivity index (χ0) is 17.5. The van der Waals surface area contributed by atoms with E-state index in [-0.39, 0.29) is 5.91 Å². The normalized spacial score (nSPS) is 10.3. The summed E-state index contributed by atoms with van der Waals surface area (Å²) in [4.78, 5) is 18.4. The van der Waals surface area contributed by atoms with E-state index in [9.17, 15) is 4.79 Å². The maximum atomic E-state index is 12.5. The Morgan fingerprint density at radius 3 is 2.79 bits per heavy atom. The monoisotopic (exact) mass is 327 g/mol. The lowest BCUT2D eigenvalue weighted by molar-refractivity contribution is 0.0793. The number of unbranched alkanes of at least 4 members (excludes halogenated alkanes) is 1. The van der Waals surface area contributed by atoms with Gasteiger partial charge in [0.2, 0.25) is 0 Å². The van der Waals surface area contributed by atoms with Gasteiger partial charge in [-0.2, -0.15) is 0 Å². The minimum absolute atomic E-state index is 0.0178. The maximum Gasteiger partial charge on any atom is 0.255 e. The average molecular weight is 327 g/mol. The first-order valence-corrected chi connectivity index (χ1v) is 8.17. The number of rotatable bonds is 7. The summed E-state index contributed by atoms with van der Waals surface area (Å²) >= 11 is 0. The first-order valence-electron chi connectivity index (χ1n) is 8.17. The highest BCUT2D eigenvalue weighted by Crippen LogP contribution is 2.28. The summed E-state index contributed by atoms with van der Waals surface area (Å²) < 4.78 is 5.37. The molecule has 0 bridgehead atoms. The van der Waals surface area contributed by atoms with Crippen LogP contribution in [0.3, 0.4) is 0 Å². The molecule has 0 aliphatic heterocycles. The number of nitrogens with one attached hydrogen (secondary N) is 1. The van der Waals surface area contributed by atoms with E-state index in [4.69, 9.17) is 4.74 Å². The van der Waals surface area contributed by atoms with Crippen LogP contribution in [0.4, 0.5) is 11.4 Å². The summed E-state index contributed by atoms with van der Waals surface area (Å²) in [6, 6.07) is 7.73. The van der Waals surface area contributed by atoms with Gasteiger partial charge in [-0.25, -0.2) is 0 Å². The lowest BCUT2D eigenvalue weighted by Gasteiger charge is -2.17. The molecule has 0 saturated heterocycles. The molecule has 128 valence electrons. The van der Waals surface area contributed by atoms with E-state index in [1.807, 2.05) is 38.2 Å². The van der Waals surface area contributed by atoms with E-state index in [1.54, 1.807) is 24.4 Å². The van der Waals surface area contributed by atoms with Gasteiger partial charge >= 0.3 is 0 Å². The quantitative estimate of drug-likeness (QED) is 0.834. The van der Waals surface area contributed by atoms with Crippen LogP contribution in [-0.4, -0.2) is 36.5 Å². The molecule has 2 rings (SSSR count). The van der Waals surface area contributed by atoms with Crippen molar-refractivity contribution < 1.29 is 9.53 Å². The van der Waals surface area contributed by atoms with Gasteiger partial charge < -0.3 is 15.0 Å². The molecule has 0 atom stereocenters. The molecule has 24 heavy (non-hydrogen) atoms. The number of aromatic nitrogens is 1. The number of pyridine rings is 1. The zero-order valence-electron chi connectivity index (χ0n) is 14.8. The van der Waals surface area contributed by atoms with Crippen molar-refractivity contribution in [1.29, 1.82) is 0 Å². The third-order valence-electron chi connectivity index (χ3n) is 3.81. The first-order chi connectivity index (χ1) is 11.5. The number of nitrogens with zero attached hydrogens (tertiary/aromatic N) is 2. The molecule has 1 aromatic heterocycles. The van der Waals surface area contributed by atoms with E-state index in [0.717, 1.165) is 42.1 Å². The minimum Gasteiger partial charge on any atom is -0.495 e. The Kier molecular flexibility index (Phi) is 6.18. The fourth-order valence-corrected chi connectivity index (χ4v) is 2.42. The maximum absolute atomic E-state index is 12.5. The van der Waals surface area contributed by atoms with Crippen molar-refractivity contribution in [3.8, 4) is 5.75 Å². The summed E-state index contributed by atoms with van der Waals surface area (Å²) in [6.07, 6.45) is 5.35. The number of hydrogen-bond acceptors (Lipinski definition) is 4. The van der Waals surface area contributed by atoms with Crippen LogP contribution in [0.1, 0.15) is 35.7 Å². The van der Waals surface area contributed by atoms with Gasteiger partial charge in [0.15, 0.2) is 0 Å². The van der Waals surface area contributed by atoms with Crippen LogP contribution in [0.15, 0.2) is 36.7 Å². The summed E-state index contributed by atoms with van der Waals surface area (Å²) in [6.45, 7) is 4.88. The lowest BCUT2D eigenvalue weighted by Crippen LogP contribution is -2.27. The predicted molar refractivity (Wildman–Crippen MR) is 97.1 cm³/mol. The molecule has 0 fully saturated rings. The van der Waals surface area contributed by atoms with Crippen molar-refractivity contribution in [2.75, 3.05) is 26.0 Å². The number of hydrogen-bond donors (Lipinski definition) is 1. The van der Waals surface area contributed by atoms with E-state index in [1.165, 1.54) is 0 Å². The van der Waals surface area contributed by atoms with E-state index < -0.39 is 0 Å². The highest BCUT2D eigenvalue weighted by atomic mass is 16.5. The van der Waals surface area contributed by atoms with Crippen LogP contribution in [0, 0.1) is 6.92 Å². The second kappa shape index (κ2) is 8.34. The topological polar surface area (TPSA) is 54.5 Å². The van der Waals surface area contributed by atoms with Gasteiger partial charge in [0.25, 0.3) is 5.91 Å². The summed E-state index contributed by atoms with van der Waals surface area (Å²) in [5, 5.41) is 3.28. The number of methoxy groups -OCH3 is 1. The van der Waals surface area contributed by atoms with Crippen LogP contribution >= 0.6 is 0 Å². The van der Waals surface area contributed by atoms with E-state index in [2.05, 4.69) is 17.2 Å². The third kappa shape index (κ3) is 4.47. The molecule has 0 radical (unpaired) electrons. The SMILES string of the molecule is CCCCN(C)C(=O)c1cncc(Nc2cc(C)ccc2OC)c1. The molecule has 0 unspecified atom stereocenters. The van der Waals surface area contributed by atoms with Crippen LogP contribution < -0.4 is 10.1 Å². The molecule has 1 N–H and O–H groups in total. The molecule has 1 amide bonds. The summed E-state index contributed by atoms with van der Waals surface area (Å²) in [5.74, 6) is 0.730. The fraction of sp³-hybridized carbons (Fsp3) is 0.368. The van der Waals surface area contributed by atoms with E-state index in [0.29, 0.717) is 5.56 Å². The van der Waals surface area contributed by atoms with Gasteiger partial charge in [-0.3, -0.25) is 9.78 Å². The van der Waals surface area contributed by atoms with Crippen LogP contribution in [0.2, 0.25) is 0 Å². The van der Waals surface area contributed by atoms with Crippen molar-refractivity contribution >= 4 is 17.3 Å². The molecule has 0 aliphatic carbocycles. The number of anilines is 2. The standard InChI is InChI=1S/C19H25N3O2/c1-5-6-9-22(3)19(23)15-11-16(13-20-12-15)21-17-10-14(2)7-8-18(17)24-4/h7-8,10-13,21H,5-6,9H2,1-4H3. The molecule has 0 saturated carbocycles. The van der Waals surface area contributed by atoms with Gasteiger partial charge in [-0.05, 0) is 37.1 Å². The Morgan fingerprint density at radius 2 is 2.08 bits per heavy atom. The Hall–Kier alpha value is -2.56. The Morgan fingerprint density at radius 1 is 1.29 bits per heavy atom. The van der Waals surface area contributed by atoms with Gasteiger partial charge in [-0.15, -0.1) is 0 Å². The predicted octanol–water partition coefficient (Wildman–Crippen LogP) is 4.01. The number of ether oxygens (including phenoxy) is 1. The van der Waals surface area contributed by atoms with Crippen molar-refractivity contribution in [2.45, 2.75) is 26.7 Å². The van der Waals surface area contributed by atoms with Crippen molar-refractivity contribution in [3.63, 3.8) is 0 Å². The van der Waals surface area contributed by atoms with Gasteiger partial charge in [0, 0.05) is 19.8 Å². The lowest BCUT2D eigenvalue weighted by atomic mass is 10.2. The van der Waals surface area contributed by atoms with Crippen molar-refractivity contribution in [3.05, 3.63) is 47.8 Å². The van der Waals surface area contributed by atoms with Crippen LogP contribution in [-0.2, 0) is 0 Å². The molecule has 0 aliphatic rings. The second-order valence-corrected chi connectivity index (χ2v) is 5.87. The molecule has 2 aromatic rings. The molecule has 1 heterocycles. The molecule has 5 heteroatoms. The number of amides is 1. The average Bonchev–Trinajstić information content (AvgIpc) is 2.59. The van der Waals surface area contributed by atoms with Gasteiger partial charge in [-0.1, -0.05) is 19.4 Å². The zero-order valence-corrected chi connectivity index (χ0v) is 14.8. The minimum atomic E-state index is -0.0178. The number of benzene rings is 1. The van der Waals surface area contributed by atoms with Crippen LogP contribution in [0.5, 0.6) is 5.75 Å². The largest absolute Gasteiger partial charge is 0.495 e. The number of carbonyl (C=O) groups excluding carboxylic acids is 1. The Balaban J connectivity index is 2.19. The molecular formula is C19H25N3O2. The Bertz CT molecular complexity index is 701. The third-order valence-corrected chi connectivity index (χ3v) is 3.81. The molecule has 5 nitrogen and oxygen atoms in total. The van der Waals surface area contributed by atoms with Gasteiger partial charge in [0.1, 0.15) is 5.75 Å².